The summed E-state index contributed by atoms with van der Waals surface area (Å²) >= 11 is 0. The van der Waals surface area contributed by atoms with E-state index in [1.54, 1.807) is 4.90 Å². The van der Waals surface area contributed by atoms with Crippen LogP contribution in [0.3, 0.4) is 0 Å². The number of alkyl halides is 2. The summed E-state index contributed by atoms with van der Waals surface area (Å²) in [6.45, 7) is 4.01. The van der Waals surface area contributed by atoms with Crippen LogP contribution in [0.2, 0.25) is 0 Å². The lowest BCUT2D eigenvalue weighted by Crippen LogP contribution is -2.41. The van der Waals surface area contributed by atoms with Crippen molar-refractivity contribution in [3.8, 4) is 0 Å². The molecule has 1 rings (SSSR count). The molecular formula is C8H12F2NO. The first-order valence-corrected chi connectivity index (χ1v) is 3.94. The molecule has 0 aromatic carbocycles. The van der Waals surface area contributed by atoms with Gasteiger partial charge in [0, 0.05) is 32.9 Å². The summed E-state index contributed by atoms with van der Waals surface area (Å²) in [4.78, 5) is 12.2. The summed E-state index contributed by atoms with van der Waals surface area (Å²) in [6.07, 6.45) is -0.277. The van der Waals surface area contributed by atoms with Gasteiger partial charge in [-0.1, -0.05) is 0 Å². The van der Waals surface area contributed by atoms with Gasteiger partial charge in [-0.05, 0) is 0 Å². The van der Waals surface area contributed by atoms with E-state index in [2.05, 4.69) is 6.92 Å². The van der Waals surface area contributed by atoms with Gasteiger partial charge in [-0.25, -0.2) is 8.78 Å². The van der Waals surface area contributed by atoms with Crippen LogP contribution in [-0.4, -0.2) is 36.2 Å². The van der Waals surface area contributed by atoms with Gasteiger partial charge < -0.3 is 0 Å². The highest BCUT2D eigenvalue weighted by molar-refractivity contribution is 5.84. The monoisotopic (exact) mass is 176 g/mol. The number of nitrogens with zero attached hydrogens (tertiary/aromatic N) is 1. The maximum Gasteiger partial charge on any atom is 0.250 e. The molecule has 69 valence electrons. The van der Waals surface area contributed by atoms with E-state index in [1.807, 2.05) is 0 Å². The van der Waals surface area contributed by atoms with Crippen LogP contribution in [0.25, 0.3) is 0 Å². The largest absolute Gasteiger partial charge is 0.298 e. The predicted molar refractivity (Wildman–Crippen MR) is 41.0 cm³/mol. The van der Waals surface area contributed by atoms with E-state index < -0.39 is 5.92 Å². The smallest absolute Gasteiger partial charge is 0.250 e. The highest BCUT2D eigenvalue weighted by Crippen LogP contribution is 2.27. The van der Waals surface area contributed by atoms with Crippen molar-refractivity contribution in [1.82, 2.24) is 4.90 Å². The molecule has 2 nitrogen and oxygen atoms in total. The van der Waals surface area contributed by atoms with Gasteiger partial charge in [-0.15, -0.1) is 0 Å². The molecule has 0 unspecified atom stereocenters. The predicted octanol–water partition coefficient (Wildman–Crippen LogP) is 1.12. The van der Waals surface area contributed by atoms with Crippen molar-refractivity contribution in [3.63, 3.8) is 0 Å². The zero-order valence-electron chi connectivity index (χ0n) is 6.85. The van der Waals surface area contributed by atoms with E-state index in [9.17, 15) is 13.6 Å². The minimum Gasteiger partial charge on any atom is -0.298 e. The fourth-order valence-corrected chi connectivity index (χ4v) is 1.29. The summed E-state index contributed by atoms with van der Waals surface area (Å²) in [5.41, 5.74) is 0. The molecule has 4 heteroatoms. The van der Waals surface area contributed by atoms with Crippen LogP contribution in [-0.2, 0) is 4.79 Å². The minimum atomic E-state index is -2.53. The average Bonchev–Trinajstić information content (AvgIpc) is 1.93. The Labute approximate surface area is 70.5 Å². The van der Waals surface area contributed by atoms with Crippen molar-refractivity contribution >= 4 is 5.78 Å². The molecule has 0 amide bonds. The molecule has 0 atom stereocenters. The zero-order chi connectivity index (χ0) is 9.19. The van der Waals surface area contributed by atoms with E-state index in [0.29, 0.717) is 13.1 Å². The van der Waals surface area contributed by atoms with Crippen molar-refractivity contribution in [3.05, 3.63) is 6.92 Å². The van der Waals surface area contributed by atoms with Gasteiger partial charge in [0.05, 0.1) is 6.54 Å². The number of carbonyl (C=O) groups excluding carboxylic acids is 1. The van der Waals surface area contributed by atoms with Crippen molar-refractivity contribution in [2.45, 2.75) is 18.8 Å². The van der Waals surface area contributed by atoms with E-state index >= 15 is 0 Å². The molecule has 1 radical (unpaired) electrons. The summed E-state index contributed by atoms with van der Waals surface area (Å²) in [5, 5.41) is 0. The second-order valence-electron chi connectivity index (χ2n) is 3.17. The number of hydrogen-bond donors (Lipinski definition) is 0. The third-order valence-corrected chi connectivity index (χ3v) is 1.99. The number of carbonyl (C=O) groups is 1. The molecule has 12 heavy (non-hydrogen) atoms. The third-order valence-electron chi connectivity index (χ3n) is 1.99. The molecule has 0 spiro atoms. The lowest BCUT2D eigenvalue weighted by atomic mass is 10.1. The molecule has 0 N–H and O–H groups in total. The van der Waals surface area contributed by atoms with Crippen LogP contribution in [0.15, 0.2) is 0 Å². The van der Waals surface area contributed by atoms with Gasteiger partial charge in [-0.2, -0.15) is 0 Å². The molecule has 1 fully saturated rings. The van der Waals surface area contributed by atoms with Crippen LogP contribution in [0, 0.1) is 6.92 Å². The number of hydrogen-bond acceptors (Lipinski definition) is 2. The maximum absolute atomic E-state index is 12.6. The summed E-state index contributed by atoms with van der Waals surface area (Å²) in [5.74, 6) is -2.74. The number of halogens is 2. The van der Waals surface area contributed by atoms with Crippen LogP contribution in [0.4, 0.5) is 8.78 Å². The lowest BCUT2D eigenvalue weighted by molar-refractivity contribution is -0.118. The Morgan fingerprint density at radius 1 is 1.42 bits per heavy atom. The summed E-state index contributed by atoms with van der Waals surface area (Å²) in [6, 6.07) is 0. The number of ketones is 1. The fraction of sp³-hybridized carbons (Fsp3) is 0.750. The molecule has 1 heterocycles. The second kappa shape index (κ2) is 3.47. The first kappa shape index (κ1) is 9.58. The van der Waals surface area contributed by atoms with E-state index in [4.69, 9.17) is 0 Å². The van der Waals surface area contributed by atoms with Gasteiger partial charge >= 0.3 is 0 Å². The SMILES string of the molecule is [CH2]C(=O)CN1CCC(F)(F)CC1. The normalized spacial score (nSPS) is 23.9. The van der Waals surface area contributed by atoms with Gasteiger partial charge in [-0.3, -0.25) is 9.69 Å². The molecule has 0 bridgehead atoms. The minimum absolute atomic E-state index is 0.139. The highest BCUT2D eigenvalue weighted by atomic mass is 19.3. The molecule has 1 saturated heterocycles. The highest BCUT2D eigenvalue weighted by Gasteiger charge is 2.33. The topological polar surface area (TPSA) is 20.3 Å². The second-order valence-corrected chi connectivity index (χ2v) is 3.17. The van der Waals surface area contributed by atoms with Crippen molar-refractivity contribution < 1.29 is 13.6 Å². The first-order valence-electron chi connectivity index (χ1n) is 3.94. The molecule has 1 aliphatic rings. The van der Waals surface area contributed by atoms with Gasteiger partial charge in [0.2, 0.25) is 0 Å². The average molecular weight is 176 g/mol. The summed E-state index contributed by atoms with van der Waals surface area (Å²) < 4.78 is 25.2. The Hall–Kier alpha value is -0.510. The first-order chi connectivity index (χ1) is 5.49. The number of likely N-dealkylation sites (tertiary alicyclic amines) is 1. The molecule has 0 aromatic rings. The number of Topliss-reactive ketones (excluding diaryl/α,β-unsaturated/α-hetero) is 1. The van der Waals surface area contributed by atoms with Crippen molar-refractivity contribution in [2.24, 2.45) is 0 Å². The Balaban J connectivity index is 2.31. The van der Waals surface area contributed by atoms with E-state index in [1.165, 1.54) is 0 Å². The summed E-state index contributed by atoms with van der Waals surface area (Å²) in [7, 11) is 0. The molecule has 0 saturated carbocycles. The fourth-order valence-electron chi connectivity index (χ4n) is 1.29. The van der Waals surface area contributed by atoms with E-state index in [-0.39, 0.29) is 25.2 Å². The molecule has 1 aliphatic heterocycles. The third kappa shape index (κ3) is 2.85. The van der Waals surface area contributed by atoms with Gasteiger partial charge in [0.1, 0.15) is 5.78 Å². The van der Waals surface area contributed by atoms with Crippen LogP contribution < -0.4 is 0 Å². The molecular weight excluding hydrogens is 164 g/mol. The molecule has 0 aliphatic carbocycles. The van der Waals surface area contributed by atoms with Gasteiger partial charge in [0.15, 0.2) is 0 Å². The Morgan fingerprint density at radius 2 is 1.92 bits per heavy atom. The quantitative estimate of drug-likeness (QED) is 0.628. The Kier molecular flexibility index (Phi) is 2.77. The van der Waals surface area contributed by atoms with Crippen LogP contribution >= 0.6 is 0 Å². The van der Waals surface area contributed by atoms with Crippen LogP contribution in [0.5, 0.6) is 0 Å². The standard InChI is InChI=1S/C8H12F2NO/c1-7(12)6-11-4-2-8(9,10)3-5-11/h1-6H2. The van der Waals surface area contributed by atoms with Gasteiger partial charge in [0.25, 0.3) is 5.92 Å². The maximum atomic E-state index is 12.6. The number of rotatable bonds is 2. The number of piperidine rings is 1. The Bertz CT molecular complexity index is 172. The van der Waals surface area contributed by atoms with Crippen molar-refractivity contribution in [1.29, 1.82) is 0 Å². The zero-order valence-corrected chi connectivity index (χ0v) is 6.85. The lowest BCUT2D eigenvalue weighted by Gasteiger charge is -2.30. The van der Waals surface area contributed by atoms with E-state index in [0.717, 1.165) is 0 Å². The Morgan fingerprint density at radius 3 is 2.33 bits per heavy atom. The molecule has 0 aromatic heterocycles. The van der Waals surface area contributed by atoms with Crippen molar-refractivity contribution in [2.75, 3.05) is 19.6 Å². The van der Waals surface area contributed by atoms with Crippen LogP contribution in [0.1, 0.15) is 12.8 Å².